The topological polar surface area (TPSA) is 36.8 Å². The number of rotatable bonds is 3. The molecule has 0 aromatic heterocycles. The molecule has 0 saturated carbocycles. The normalized spacial score (nSPS) is 11.1. The van der Waals surface area contributed by atoms with E-state index in [0.29, 0.717) is 0 Å². The second-order valence-electron chi connectivity index (χ2n) is 4.68. The van der Waals surface area contributed by atoms with Gasteiger partial charge in [0.15, 0.2) is 0 Å². The molecule has 0 amide bonds. The Morgan fingerprint density at radius 2 is 1.55 bits per heavy atom. The first-order valence-electron chi connectivity index (χ1n) is 6.54. The van der Waals surface area contributed by atoms with Crippen molar-refractivity contribution in [1.82, 2.24) is 0 Å². The first-order chi connectivity index (χ1) is 9.83. The van der Waals surface area contributed by atoms with Gasteiger partial charge in [-0.25, -0.2) is 0 Å². The molecule has 0 heterocycles. The molecule has 0 aliphatic rings. The summed E-state index contributed by atoms with van der Waals surface area (Å²) < 4.78 is 0. The fourth-order valence-electron chi connectivity index (χ4n) is 2.06. The Kier molecular flexibility index (Phi) is 3.42. The maximum atomic E-state index is 4.27. The average Bonchev–Trinajstić information content (AvgIpc) is 2.49. The van der Waals surface area contributed by atoms with Gasteiger partial charge >= 0.3 is 0 Å². The number of nitrogens with one attached hydrogen (secondary N) is 1. The third kappa shape index (κ3) is 2.67. The summed E-state index contributed by atoms with van der Waals surface area (Å²) in [6.07, 6.45) is 0. The number of anilines is 1. The number of fused-ring (bicyclic) bond motifs is 1. The lowest BCUT2D eigenvalue weighted by atomic mass is 10.1. The van der Waals surface area contributed by atoms with Crippen LogP contribution in [0.3, 0.4) is 0 Å². The summed E-state index contributed by atoms with van der Waals surface area (Å²) in [6, 6.07) is 22.2. The fourth-order valence-corrected chi connectivity index (χ4v) is 2.06. The Balaban J connectivity index is 1.82. The van der Waals surface area contributed by atoms with Gasteiger partial charge in [-0.15, -0.1) is 5.11 Å². The first-order valence-corrected chi connectivity index (χ1v) is 6.54. The molecule has 98 valence electrons. The highest BCUT2D eigenvalue weighted by Gasteiger charge is 1.98. The molecule has 0 fully saturated rings. The zero-order chi connectivity index (χ0) is 13.8. The molecule has 3 heteroatoms. The molecular formula is C17H15N3. The minimum absolute atomic E-state index is 0.864. The molecule has 0 aliphatic carbocycles. The minimum Gasteiger partial charge on any atom is -0.260 e. The van der Waals surface area contributed by atoms with Crippen molar-refractivity contribution in [1.29, 1.82) is 0 Å². The Bertz CT molecular complexity index is 740. The highest BCUT2D eigenvalue weighted by Crippen LogP contribution is 2.25. The zero-order valence-electron chi connectivity index (χ0n) is 11.2. The fraction of sp³-hybridized carbons (Fsp3) is 0.0588. The molecule has 0 bridgehead atoms. The van der Waals surface area contributed by atoms with Gasteiger partial charge in [-0.3, -0.25) is 5.43 Å². The minimum atomic E-state index is 0.864. The lowest BCUT2D eigenvalue weighted by Crippen LogP contribution is -1.86. The molecule has 0 atom stereocenters. The van der Waals surface area contributed by atoms with Crippen molar-refractivity contribution in [3.05, 3.63) is 72.3 Å². The van der Waals surface area contributed by atoms with E-state index in [1.807, 2.05) is 48.5 Å². The molecule has 0 aliphatic heterocycles. The Morgan fingerprint density at radius 1 is 0.800 bits per heavy atom. The van der Waals surface area contributed by atoms with Gasteiger partial charge in [0.05, 0.1) is 11.4 Å². The highest BCUT2D eigenvalue weighted by molar-refractivity contribution is 5.92. The van der Waals surface area contributed by atoms with Gasteiger partial charge in [-0.1, -0.05) is 59.3 Å². The van der Waals surface area contributed by atoms with Gasteiger partial charge in [0.2, 0.25) is 0 Å². The van der Waals surface area contributed by atoms with Crippen molar-refractivity contribution in [2.75, 3.05) is 5.43 Å². The molecule has 20 heavy (non-hydrogen) atoms. The van der Waals surface area contributed by atoms with E-state index in [4.69, 9.17) is 0 Å². The molecule has 0 unspecified atom stereocenters. The summed E-state index contributed by atoms with van der Waals surface area (Å²) in [4.78, 5) is 0. The van der Waals surface area contributed by atoms with Crippen molar-refractivity contribution in [3.8, 4) is 0 Å². The summed E-state index contributed by atoms with van der Waals surface area (Å²) in [5, 5.41) is 10.6. The molecule has 3 nitrogen and oxygen atoms in total. The largest absolute Gasteiger partial charge is 0.260 e. The summed E-state index contributed by atoms with van der Waals surface area (Å²) >= 11 is 0. The molecular weight excluding hydrogens is 246 g/mol. The quantitative estimate of drug-likeness (QED) is 0.506. The zero-order valence-corrected chi connectivity index (χ0v) is 11.2. The van der Waals surface area contributed by atoms with Gasteiger partial charge in [0, 0.05) is 5.39 Å². The molecule has 0 spiro atoms. The van der Waals surface area contributed by atoms with Crippen LogP contribution in [0.25, 0.3) is 10.8 Å². The van der Waals surface area contributed by atoms with Gasteiger partial charge in [-0.05, 0) is 30.5 Å². The first kappa shape index (κ1) is 12.4. The van der Waals surface area contributed by atoms with Gasteiger partial charge in [0.25, 0.3) is 0 Å². The van der Waals surface area contributed by atoms with Gasteiger partial charge in [-0.2, -0.15) is 0 Å². The van der Waals surface area contributed by atoms with E-state index >= 15 is 0 Å². The van der Waals surface area contributed by atoms with E-state index in [1.165, 1.54) is 10.9 Å². The Hall–Kier alpha value is -2.68. The van der Waals surface area contributed by atoms with Gasteiger partial charge in [0.1, 0.15) is 0 Å². The van der Waals surface area contributed by atoms with Crippen LogP contribution in [0.15, 0.2) is 77.1 Å². The van der Waals surface area contributed by atoms with E-state index in [0.717, 1.165) is 16.8 Å². The van der Waals surface area contributed by atoms with Gasteiger partial charge < -0.3 is 0 Å². The Morgan fingerprint density at radius 3 is 2.40 bits per heavy atom. The van der Waals surface area contributed by atoms with Crippen LogP contribution in [0.5, 0.6) is 0 Å². The number of benzene rings is 3. The monoisotopic (exact) mass is 261 g/mol. The van der Waals surface area contributed by atoms with E-state index in [-0.39, 0.29) is 0 Å². The molecule has 1 N–H and O–H groups in total. The van der Waals surface area contributed by atoms with E-state index in [1.54, 1.807) is 0 Å². The predicted molar refractivity (Wildman–Crippen MR) is 83.3 cm³/mol. The Labute approximate surface area is 118 Å². The van der Waals surface area contributed by atoms with Crippen LogP contribution in [0, 0.1) is 6.92 Å². The number of hydrogen-bond acceptors (Lipinski definition) is 2. The van der Waals surface area contributed by atoms with Crippen molar-refractivity contribution >= 4 is 22.1 Å². The van der Waals surface area contributed by atoms with Crippen LogP contribution in [-0.4, -0.2) is 0 Å². The predicted octanol–water partition coefficient (Wildman–Crippen LogP) is 5.26. The number of hydrogen-bond donors (Lipinski definition) is 1. The number of aryl methyl sites for hydroxylation is 1. The van der Waals surface area contributed by atoms with Crippen LogP contribution in [-0.2, 0) is 0 Å². The van der Waals surface area contributed by atoms with Crippen LogP contribution in [0.1, 0.15) is 5.56 Å². The van der Waals surface area contributed by atoms with Crippen LogP contribution in [0.4, 0.5) is 11.4 Å². The van der Waals surface area contributed by atoms with Crippen LogP contribution in [0.2, 0.25) is 0 Å². The molecule has 0 saturated heterocycles. The summed E-state index contributed by atoms with van der Waals surface area (Å²) in [7, 11) is 0. The molecule has 3 aromatic rings. The second-order valence-corrected chi connectivity index (χ2v) is 4.68. The van der Waals surface area contributed by atoms with Crippen molar-refractivity contribution in [2.24, 2.45) is 10.3 Å². The average molecular weight is 261 g/mol. The van der Waals surface area contributed by atoms with Crippen molar-refractivity contribution in [2.45, 2.75) is 6.92 Å². The third-order valence-electron chi connectivity index (χ3n) is 3.16. The molecule has 0 radical (unpaired) electrons. The van der Waals surface area contributed by atoms with Crippen LogP contribution >= 0.6 is 0 Å². The smallest absolute Gasteiger partial charge is 0.0952 e. The maximum absolute atomic E-state index is 4.27. The van der Waals surface area contributed by atoms with E-state index in [2.05, 4.69) is 40.9 Å². The summed E-state index contributed by atoms with van der Waals surface area (Å²) in [5.74, 6) is 0. The standard InChI is InChI=1S/C17H15N3/c1-13-9-11-15(12-10-13)18-20-19-17-8-4-6-14-5-2-3-7-16(14)17/h2-12H,1H3,(H,18,19). The SMILES string of the molecule is Cc1ccc(NN=Nc2cccc3ccccc23)cc1. The van der Waals surface area contributed by atoms with Crippen molar-refractivity contribution < 1.29 is 0 Å². The summed E-state index contributed by atoms with van der Waals surface area (Å²) in [6.45, 7) is 2.06. The summed E-state index contributed by atoms with van der Waals surface area (Å²) in [5.41, 5.74) is 5.96. The maximum Gasteiger partial charge on any atom is 0.0952 e. The lowest BCUT2D eigenvalue weighted by molar-refractivity contribution is 1.14. The lowest BCUT2D eigenvalue weighted by Gasteiger charge is -2.01. The molecule has 3 aromatic carbocycles. The highest BCUT2D eigenvalue weighted by atomic mass is 15.4. The van der Waals surface area contributed by atoms with Crippen LogP contribution < -0.4 is 5.43 Å². The van der Waals surface area contributed by atoms with E-state index in [9.17, 15) is 0 Å². The second kappa shape index (κ2) is 5.53. The third-order valence-corrected chi connectivity index (χ3v) is 3.16. The van der Waals surface area contributed by atoms with Crippen molar-refractivity contribution in [3.63, 3.8) is 0 Å². The molecule has 3 rings (SSSR count). The number of nitrogens with zero attached hydrogens (tertiary/aromatic N) is 2. The van der Waals surface area contributed by atoms with E-state index < -0.39 is 0 Å².